The summed E-state index contributed by atoms with van der Waals surface area (Å²) in [4.78, 5) is 17.0. The first-order valence-corrected chi connectivity index (χ1v) is 11.7. The molecule has 0 atom stereocenters. The Morgan fingerprint density at radius 3 is 2.59 bits per heavy atom. The molecule has 0 radical (unpaired) electrons. The van der Waals surface area contributed by atoms with Crippen molar-refractivity contribution in [2.24, 2.45) is 5.73 Å². The molecule has 0 aliphatic heterocycles. The van der Waals surface area contributed by atoms with Gasteiger partial charge in [-0.15, -0.1) is 0 Å². The van der Waals surface area contributed by atoms with Gasteiger partial charge in [0.25, 0.3) is 5.91 Å². The molecular weight excluding hydrogens is 433 g/mol. The van der Waals surface area contributed by atoms with Gasteiger partial charge in [-0.25, -0.2) is 9.37 Å². The molecule has 4 N–H and O–H groups in total. The van der Waals surface area contributed by atoms with Gasteiger partial charge in [0.1, 0.15) is 17.1 Å². The average Bonchev–Trinajstić information content (AvgIpc) is 2.85. The number of carbonyl (C=O) groups is 1. The number of aliphatic hydroxyl groups is 1. The third kappa shape index (κ3) is 6.18. The summed E-state index contributed by atoms with van der Waals surface area (Å²) in [5.74, 6) is -0.447. The van der Waals surface area contributed by atoms with Gasteiger partial charge in [0, 0.05) is 18.7 Å². The molecule has 0 saturated heterocycles. The number of carbonyl (C=O) groups excluding carboxylic acids is 1. The van der Waals surface area contributed by atoms with Crippen LogP contribution in [0.4, 0.5) is 4.39 Å². The van der Waals surface area contributed by atoms with Crippen molar-refractivity contribution >= 4 is 5.91 Å². The van der Waals surface area contributed by atoms with E-state index in [1.54, 1.807) is 6.07 Å². The minimum atomic E-state index is -0.599. The first-order chi connectivity index (χ1) is 16.5. The molecule has 1 aliphatic carbocycles. The number of nitrogens with two attached hydrogens (primary N) is 1. The van der Waals surface area contributed by atoms with Crippen LogP contribution in [0.1, 0.15) is 48.0 Å². The summed E-state index contributed by atoms with van der Waals surface area (Å²) < 4.78 is 19.9. The van der Waals surface area contributed by atoms with Gasteiger partial charge in [-0.3, -0.25) is 4.79 Å². The molecule has 0 spiro atoms. The van der Waals surface area contributed by atoms with Gasteiger partial charge in [-0.2, -0.15) is 0 Å². The molecule has 3 aromatic rings. The van der Waals surface area contributed by atoms with Crippen molar-refractivity contribution in [3.05, 3.63) is 77.7 Å². The fourth-order valence-corrected chi connectivity index (χ4v) is 4.20. The third-order valence-corrected chi connectivity index (χ3v) is 6.13. The van der Waals surface area contributed by atoms with E-state index < -0.39 is 11.7 Å². The van der Waals surface area contributed by atoms with Gasteiger partial charge in [0.05, 0.1) is 6.20 Å². The first kappa shape index (κ1) is 23.9. The van der Waals surface area contributed by atoms with Crippen molar-refractivity contribution in [3.8, 4) is 22.8 Å². The molecule has 1 fully saturated rings. The summed E-state index contributed by atoms with van der Waals surface area (Å²) >= 11 is 0. The molecule has 178 valence electrons. The Hall–Kier alpha value is -3.29. The van der Waals surface area contributed by atoms with Crippen LogP contribution < -0.4 is 15.8 Å². The maximum atomic E-state index is 13.9. The van der Waals surface area contributed by atoms with Crippen molar-refractivity contribution < 1.29 is 19.0 Å². The summed E-state index contributed by atoms with van der Waals surface area (Å²) in [6, 6.07) is 16.9. The second-order valence-corrected chi connectivity index (χ2v) is 8.75. The lowest BCUT2D eigenvalue weighted by Crippen LogP contribution is -2.40. The number of rotatable bonds is 8. The molecular formula is C27H30FN3O3. The van der Waals surface area contributed by atoms with Gasteiger partial charge < -0.3 is 20.9 Å². The van der Waals surface area contributed by atoms with Crippen LogP contribution in [0, 0.1) is 5.82 Å². The van der Waals surface area contributed by atoms with Crippen molar-refractivity contribution in [1.29, 1.82) is 0 Å². The number of halogens is 1. The van der Waals surface area contributed by atoms with E-state index in [1.165, 1.54) is 0 Å². The predicted octanol–water partition coefficient (Wildman–Crippen LogP) is 4.60. The zero-order valence-electron chi connectivity index (χ0n) is 19.0. The number of pyridine rings is 1. The molecule has 7 heteroatoms. The van der Waals surface area contributed by atoms with E-state index in [1.807, 2.05) is 42.5 Å². The number of aryl methyl sites for hydroxylation is 1. The van der Waals surface area contributed by atoms with E-state index in [0.717, 1.165) is 67.5 Å². The predicted molar refractivity (Wildman–Crippen MR) is 129 cm³/mol. The summed E-state index contributed by atoms with van der Waals surface area (Å²) in [5.41, 5.74) is 9.13. The molecule has 34 heavy (non-hydrogen) atoms. The standard InChI is InChI=1S/C27H30FN3O3/c28-21-16-25(26(33)31-23-12-10-22(29)11-13-23)27(30-17-21)34-24-5-1-4-20(15-24)19-8-6-18(7-9-19)3-2-14-32/h1,4-9,15-17,22-23,32H,2-3,10-14,29H2,(H,31,33). The molecule has 1 heterocycles. The molecule has 4 rings (SSSR count). The van der Waals surface area contributed by atoms with Crippen LogP contribution in [-0.4, -0.2) is 34.7 Å². The number of aliphatic hydroxyl groups excluding tert-OH is 1. The Morgan fingerprint density at radius 2 is 1.85 bits per heavy atom. The number of aromatic nitrogens is 1. The van der Waals surface area contributed by atoms with E-state index in [0.29, 0.717) is 5.75 Å². The lowest BCUT2D eigenvalue weighted by atomic mass is 9.91. The maximum absolute atomic E-state index is 13.9. The van der Waals surface area contributed by atoms with Gasteiger partial charge in [-0.05, 0) is 73.4 Å². The van der Waals surface area contributed by atoms with Crippen LogP contribution >= 0.6 is 0 Å². The highest BCUT2D eigenvalue weighted by Gasteiger charge is 2.23. The normalized spacial score (nSPS) is 17.9. The molecule has 1 aliphatic rings. The maximum Gasteiger partial charge on any atom is 0.257 e. The smallest absolute Gasteiger partial charge is 0.257 e. The average molecular weight is 464 g/mol. The highest BCUT2D eigenvalue weighted by molar-refractivity contribution is 5.96. The summed E-state index contributed by atoms with van der Waals surface area (Å²) in [6.07, 6.45) is 5.90. The van der Waals surface area contributed by atoms with Gasteiger partial charge in [0.15, 0.2) is 0 Å². The number of nitrogens with one attached hydrogen (secondary N) is 1. The lowest BCUT2D eigenvalue weighted by molar-refractivity contribution is 0.0922. The number of nitrogens with zero attached hydrogens (tertiary/aromatic N) is 1. The van der Waals surface area contributed by atoms with Gasteiger partial charge in [0.2, 0.25) is 5.88 Å². The molecule has 2 aromatic carbocycles. The number of hydrogen-bond donors (Lipinski definition) is 3. The number of hydrogen-bond acceptors (Lipinski definition) is 5. The zero-order valence-corrected chi connectivity index (χ0v) is 19.0. The summed E-state index contributed by atoms with van der Waals surface area (Å²) in [7, 11) is 0. The Morgan fingerprint density at radius 1 is 1.09 bits per heavy atom. The zero-order chi connectivity index (χ0) is 23.9. The van der Waals surface area contributed by atoms with E-state index >= 15 is 0 Å². The van der Waals surface area contributed by atoms with Crippen LogP contribution in [0.2, 0.25) is 0 Å². The third-order valence-electron chi connectivity index (χ3n) is 6.13. The molecule has 1 aromatic heterocycles. The van der Waals surface area contributed by atoms with E-state index in [2.05, 4.69) is 10.3 Å². The van der Waals surface area contributed by atoms with Crippen molar-refractivity contribution in [1.82, 2.24) is 10.3 Å². The van der Waals surface area contributed by atoms with Crippen molar-refractivity contribution in [3.63, 3.8) is 0 Å². The fourth-order valence-electron chi connectivity index (χ4n) is 4.20. The number of ether oxygens (including phenoxy) is 1. The topological polar surface area (TPSA) is 97.5 Å². The van der Waals surface area contributed by atoms with E-state index in [4.69, 9.17) is 15.6 Å². The van der Waals surface area contributed by atoms with Crippen LogP contribution in [-0.2, 0) is 6.42 Å². The van der Waals surface area contributed by atoms with Gasteiger partial charge >= 0.3 is 0 Å². The Kier molecular flexibility index (Phi) is 7.87. The van der Waals surface area contributed by atoms with E-state index in [9.17, 15) is 9.18 Å². The highest BCUT2D eigenvalue weighted by atomic mass is 19.1. The Bertz CT molecular complexity index is 1110. The largest absolute Gasteiger partial charge is 0.438 e. The first-order valence-electron chi connectivity index (χ1n) is 11.7. The molecule has 1 amide bonds. The van der Waals surface area contributed by atoms with E-state index in [-0.39, 0.29) is 30.1 Å². The van der Waals surface area contributed by atoms with Crippen LogP contribution in [0.15, 0.2) is 60.8 Å². The molecule has 0 bridgehead atoms. The minimum Gasteiger partial charge on any atom is -0.438 e. The van der Waals surface area contributed by atoms with Crippen LogP contribution in [0.5, 0.6) is 11.6 Å². The molecule has 0 unspecified atom stereocenters. The Balaban J connectivity index is 1.50. The number of benzene rings is 2. The summed E-state index contributed by atoms with van der Waals surface area (Å²) in [6.45, 7) is 0.174. The van der Waals surface area contributed by atoms with Gasteiger partial charge in [-0.1, -0.05) is 36.4 Å². The van der Waals surface area contributed by atoms with Crippen LogP contribution in [0.3, 0.4) is 0 Å². The second kappa shape index (κ2) is 11.2. The van der Waals surface area contributed by atoms with Crippen molar-refractivity contribution in [2.75, 3.05) is 6.61 Å². The van der Waals surface area contributed by atoms with Crippen molar-refractivity contribution in [2.45, 2.75) is 50.6 Å². The quantitative estimate of drug-likeness (QED) is 0.453. The number of amides is 1. The monoisotopic (exact) mass is 463 g/mol. The van der Waals surface area contributed by atoms with Crippen LogP contribution in [0.25, 0.3) is 11.1 Å². The molecule has 1 saturated carbocycles. The lowest BCUT2D eigenvalue weighted by Gasteiger charge is -2.27. The fraction of sp³-hybridized carbons (Fsp3) is 0.333. The highest BCUT2D eigenvalue weighted by Crippen LogP contribution is 2.29. The summed E-state index contributed by atoms with van der Waals surface area (Å²) in [5, 5.41) is 12.0. The second-order valence-electron chi connectivity index (χ2n) is 8.75. The molecule has 6 nitrogen and oxygen atoms in total. The Labute approximate surface area is 199 Å². The SMILES string of the molecule is NC1CCC(NC(=O)c2cc(F)cnc2Oc2cccc(-c3ccc(CCCO)cc3)c2)CC1. The minimum absolute atomic E-state index is 0.00657.